The van der Waals surface area contributed by atoms with E-state index in [0.29, 0.717) is 5.56 Å². The summed E-state index contributed by atoms with van der Waals surface area (Å²) in [5.74, 6) is -4.57. The Morgan fingerprint density at radius 2 is 1.90 bits per heavy atom. The van der Waals surface area contributed by atoms with Crippen LogP contribution in [0, 0.1) is 28.5 Å². The molecule has 2 amide bonds. The number of alkyl halides is 2. The van der Waals surface area contributed by atoms with Crippen molar-refractivity contribution in [3.8, 4) is 0 Å². The van der Waals surface area contributed by atoms with Crippen LogP contribution in [0.15, 0.2) is 48.1 Å². The van der Waals surface area contributed by atoms with Crippen molar-refractivity contribution in [3.63, 3.8) is 0 Å². The van der Waals surface area contributed by atoms with Gasteiger partial charge < -0.3 is 35.7 Å². The summed E-state index contributed by atoms with van der Waals surface area (Å²) in [5.41, 5.74) is -1.34. The molecule has 0 bridgehead atoms. The normalized spacial score (nSPS) is 40.3. The fourth-order valence-electron chi connectivity index (χ4n) is 9.19. The van der Waals surface area contributed by atoms with E-state index in [1.807, 2.05) is 0 Å². The molecule has 1 heterocycles. The van der Waals surface area contributed by atoms with Crippen molar-refractivity contribution in [3.05, 3.63) is 59.4 Å². The van der Waals surface area contributed by atoms with Gasteiger partial charge in [-0.05, 0) is 75.8 Å². The maximum Gasteiger partial charge on any atom is 0.244 e. The van der Waals surface area contributed by atoms with Gasteiger partial charge in [0.05, 0.1) is 18.2 Å². The lowest BCUT2D eigenvalue weighted by atomic mass is 9.44. The van der Waals surface area contributed by atoms with Crippen LogP contribution in [0.3, 0.4) is 0 Å². The number of ether oxygens (including phenoxy) is 3. The highest BCUT2D eigenvalue weighted by Crippen LogP contribution is 2.72. The van der Waals surface area contributed by atoms with Crippen molar-refractivity contribution < 1.29 is 51.7 Å². The number of nitrogens with one attached hydrogen (secondary N) is 2. The molecule has 6 rings (SSSR count). The highest BCUT2D eigenvalue weighted by Gasteiger charge is 2.80. The fraction of sp³-hybridized carbons (Fsp3) is 0.600. The van der Waals surface area contributed by atoms with Crippen LogP contribution in [0.2, 0.25) is 0 Å². The summed E-state index contributed by atoms with van der Waals surface area (Å²) in [6.07, 6.45) is -2.48. The minimum absolute atomic E-state index is 0.0223. The van der Waals surface area contributed by atoms with Crippen LogP contribution < -0.4 is 16.4 Å². The lowest BCUT2D eigenvalue weighted by Gasteiger charge is -2.63. The van der Waals surface area contributed by atoms with Gasteiger partial charge in [0.2, 0.25) is 11.8 Å². The van der Waals surface area contributed by atoms with E-state index in [1.165, 1.54) is 51.1 Å². The lowest BCUT2D eigenvalue weighted by Crippen LogP contribution is -2.70. The highest BCUT2D eigenvalue weighted by atomic mass is 19.1. The van der Waals surface area contributed by atoms with E-state index in [-0.39, 0.29) is 24.8 Å². The number of hydrogen-bond acceptors (Lipinski definition) is 9. The molecule has 4 fully saturated rings. The molecule has 5 N–H and O–H groups in total. The molecule has 14 heteroatoms. The molecule has 0 radical (unpaired) electrons. The van der Waals surface area contributed by atoms with E-state index in [0.717, 1.165) is 6.08 Å². The van der Waals surface area contributed by atoms with E-state index in [9.17, 15) is 28.7 Å². The summed E-state index contributed by atoms with van der Waals surface area (Å²) in [6.45, 7) is 5.09. The first-order chi connectivity index (χ1) is 23.0. The predicted molar refractivity (Wildman–Crippen MR) is 167 cm³/mol. The van der Waals surface area contributed by atoms with Crippen LogP contribution in [0.4, 0.5) is 13.2 Å². The number of aliphatic hydroxyl groups is 1. The van der Waals surface area contributed by atoms with Crippen LogP contribution in [0.1, 0.15) is 58.8 Å². The van der Waals surface area contributed by atoms with Crippen molar-refractivity contribution in [2.45, 2.75) is 95.0 Å². The number of rotatable bonds is 9. The predicted octanol–water partition coefficient (Wildman–Crippen LogP) is 2.42. The van der Waals surface area contributed by atoms with Crippen LogP contribution in [0.25, 0.3) is 0 Å². The highest BCUT2D eigenvalue weighted by molar-refractivity contribution is 6.01. The molecule has 49 heavy (non-hydrogen) atoms. The second kappa shape index (κ2) is 12.4. The third kappa shape index (κ3) is 5.29. The minimum Gasteiger partial charge on any atom is -0.390 e. The summed E-state index contributed by atoms with van der Waals surface area (Å²) in [7, 11) is 0. The number of nitrogens with two attached hydrogens (primary N) is 1. The maximum absolute atomic E-state index is 17.7. The van der Waals surface area contributed by atoms with E-state index in [4.69, 9.17) is 19.9 Å². The van der Waals surface area contributed by atoms with Crippen LogP contribution in [0.5, 0.6) is 0 Å². The number of fused-ring (bicyclic) bond motifs is 7. The Morgan fingerprint density at radius 3 is 2.59 bits per heavy atom. The van der Waals surface area contributed by atoms with Gasteiger partial charge in [0.15, 0.2) is 29.1 Å². The number of carbonyl (C=O) groups excluding carboxylic acids is 4. The molecule has 266 valence electrons. The van der Waals surface area contributed by atoms with Crippen molar-refractivity contribution in [2.75, 3.05) is 13.3 Å². The Hall–Kier alpha value is -3.43. The summed E-state index contributed by atoms with van der Waals surface area (Å²) < 4.78 is 66.3. The summed E-state index contributed by atoms with van der Waals surface area (Å²) >= 11 is 0. The molecule has 1 aromatic carbocycles. The largest absolute Gasteiger partial charge is 0.390 e. The zero-order chi connectivity index (χ0) is 35.7. The van der Waals surface area contributed by atoms with Gasteiger partial charge in [-0.25, -0.2) is 13.2 Å². The number of aliphatic hydroxyl groups excluding tert-OH is 1. The number of ketones is 2. The zero-order valence-corrected chi connectivity index (χ0v) is 27.7. The Balaban J connectivity index is 1.29. The van der Waals surface area contributed by atoms with Gasteiger partial charge in [-0.2, -0.15) is 0 Å². The number of halogens is 3. The van der Waals surface area contributed by atoms with E-state index < -0.39 is 113 Å². The average Bonchev–Trinajstić information content (AvgIpc) is 3.55. The molecule has 0 spiro atoms. The smallest absolute Gasteiger partial charge is 0.244 e. The first-order valence-electron chi connectivity index (χ1n) is 16.5. The molecule has 12 atom stereocenters. The number of benzene rings is 1. The van der Waals surface area contributed by atoms with Crippen LogP contribution in [-0.4, -0.2) is 83.6 Å². The van der Waals surface area contributed by atoms with E-state index in [1.54, 1.807) is 13.0 Å². The van der Waals surface area contributed by atoms with Gasteiger partial charge in [0, 0.05) is 22.3 Å². The monoisotopic (exact) mass is 689 g/mol. The molecular weight excluding hydrogens is 647 g/mol. The second-order valence-electron chi connectivity index (χ2n) is 14.4. The molecule has 4 aliphatic carbocycles. The topological polar surface area (TPSA) is 166 Å². The lowest BCUT2D eigenvalue weighted by molar-refractivity contribution is -0.235. The van der Waals surface area contributed by atoms with Gasteiger partial charge in [0.25, 0.3) is 0 Å². The van der Waals surface area contributed by atoms with Gasteiger partial charge in [0.1, 0.15) is 31.4 Å². The second-order valence-corrected chi connectivity index (χ2v) is 14.4. The molecular formula is C35H42F3N3O8. The van der Waals surface area contributed by atoms with Gasteiger partial charge in [-0.3, -0.25) is 19.2 Å². The first-order valence-corrected chi connectivity index (χ1v) is 16.5. The Kier molecular flexibility index (Phi) is 8.97. The third-order valence-electron chi connectivity index (χ3n) is 11.7. The molecule has 1 aliphatic heterocycles. The standard InChI is InChI=1S/C35H42F3N3O8/c1-17(39)29(45)41-18(2)30(46)40-16-47-15-27(44)35-28(48-31(49-35)19-6-5-7-20(36)10-19)13-22-23-12-25(37)24-11-21(42)8-9-32(24,3)34(23,38)26(43)14-33(22,35)4/h5-11,17-18,22-23,25-26,28,31,43H,12-16,39H2,1-4H3,(H,40,46)(H,41,45)/t17-,18-,22-,23-,25-,26-,28+,31+,32-,33-,34-,35+/m0/s1. The molecule has 0 aromatic heterocycles. The molecule has 5 aliphatic rings. The Bertz CT molecular complexity index is 1620. The van der Waals surface area contributed by atoms with Crippen molar-refractivity contribution in [1.29, 1.82) is 0 Å². The molecule has 1 saturated heterocycles. The van der Waals surface area contributed by atoms with E-state index in [2.05, 4.69) is 10.6 Å². The Morgan fingerprint density at radius 1 is 1.16 bits per heavy atom. The van der Waals surface area contributed by atoms with Crippen molar-refractivity contribution in [2.24, 2.45) is 28.4 Å². The Labute approximate surface area is 281 Å². The number of hydrogen-bond donors (Lipinski definition) is 4. The summed E-state index contributed by atoms with van der Waals surface area (Å²) in [4.78, 5) is 50.9. The van der Waals surface area contributed by atoms with E-state index >= 15 is 8.78 Å². The van der Waals surface area contributed by atoms with Gasteiger partial charge >= 0.3 is 0 Å². The minimum atomic E-state index is -2.39. The number of Topliss-reactive ketones (excluding diaryl/α,β-unsaturated/α-hetero) is 1. The van der Waals surface area contributed by atoms with Gasteiger partial charge in [-0.15, -0.1) is 0 Å². The van der Waals surface area contributed by atoms with Gasteiger partial charge in [-0.1, -0.05) is 25.1 Å². The number of carbonyl (C=O) groups is 4. The van der Waals surface area contributed by atoms with Crippen LogP contribution >= 0.6 is 0 Å². The zero-order valence-electron chi connectivity index (χ0n) is 27.7. The molecule has 1 aromatic rings. The molecule has 11 nitrogen and oxygen atoms in total. The maximum atomic E-state index is 17.7. The van der Waals surface area contributed by atoms with Crippen LogP contribution in [-0.2, 0) is 33.4 Å². The average molecular weight is 690 g/mol. The quantitative estimate of drug-likeness (QED) is 0.225. The fourth-order valence-corrected chi connectivity index (χ4v) is 9.19. The number of allylic oxidation sites excluding steroid dienone is 4. The third-order valence-corrected chi connectivity index (χ3v) is 11.7. The molecule has 0 unspecified atom stereocenters. The summed E-state index contributed by atoms with van der Waals surface area (Å²) in [5, 5.41) is 16.7. The summed E-state index contributed by atoms with van der Waals surface area (Å²) in [6, 6.07) is 3.73. The van der Waals surface area contributed by atoms with Crippen molar-refractivity contribution in [1.82, 2.24) is 10.6 Å². The van der Waals surface area contributed by atoms with Crippen molar-refractivity contribution >= 4 is 23.4 Å². The SMILES string of the molecule is C[C@H](N)C(=O)N[C@@H](C)C(=O)NCOCC(=O)[C@@]12O[C@H](c3cccc(F)c3)O[C@@H]1C[C@H]1[C@@H]3C[C@H](F)C4=CC(=O)C=C[C@]4(C)[C@@]3(F)[C@@H](O)C[C@@]12C. The molecule has 3 saturated carbocycles. The number of amides is 2. The first kappa shape index (κ1) is 35.4.